The van der Waals surface area contributed by atoms with Crippen LogP contribution in [0.1, 0.15) is 30.4 Å². The minimum absolute atomic E-state index is 0.0223. The molecule has 1 aromatic rings. The summed E-state index contributed by atoms with van der Waals surface area (Å²) in [7, 11) is 0. The van der Waals surface area contributed by atoms with E-state index in [1.54, 1.807) is 0 Å². The van der Waals surface area contributed by atoms with Crippen LogP contribution in [0.3, 0.4) is 0 Å². The second-order valence-corrected chi connectivity index (χ2v) is 5.20. The van der Waals surface area contributed by atoms with Gasteiger partial charge in [-0.15, -0.1) is 0 Å². The molecule has 0 aliphatic carbocycles. The Labute approximate surface area is 110 Å². The van der Waals surface area contributed by atoms with Crippen molar-refractivity contribution in [3.8, 4) is 0 Å². The van der Waals surface area contributed by atoms with Crippen LogP contribution in [-0.4, -0.2) is 17.4 Å². The fraction of sp³-hybridized carbons (Fsp3) is 0.357. The minimum atomic E-state index is 0.0223. The van der Waals surface area contributed by atoms with Crippen molar-refractivity contribution in [2.75, 3.05) is 6.54 Å². The van der Waals surface area contributed by atoms with E-state index in [1.165, 1.54) is 17.2 Å². The molecule has 17 heavy (non-hydrogen) atoms. The Balaban J connectivity index is 2.39. The molecule has 1 heterocycles. The summed E-state index contributed by atoms with van der Waals surface area (Å²) in [4.78, 5) is 13.6. The van der Waals surface area contributed by atoms with Gasteiger partial charge in [-0.2, -0.15) is 0 Å². The standard InChI is InChI=1S/C14H16BrNO/c1-3-10-8-16(13(17)4-2)9-11-6-5-7-12(15)14(10)11/h4-7,10H,2-3,8-9H2,1H3/t10-/m1/s1. The number of benzene rings is 1. The molecule has 3 heteroatoms. The number of fused-ring (bicyclic) bond motifs is 1. The molecule has 1 aromatic carbocycles. The Kier molecular flexibility index (Phi) is 3.67. The van der Waals surface area contributed by atoms with Crippen LogP contribution in [0.25, 0.3) is 0 Å². The van der Waals surface area contributed by atoms with Crippen molar-refractivity contribution in [2.24, 2.45) is 0 Å². The smallest absolute Gasteiger partial charge is 0.246 e. The van der Waals surface area contributed by atoms with Gasteiger partial charge in [0.05, 0.1) is 0 Å². The normalized spacial score (nSPS) is 18.7. The molecule has 0 unspecified atom stereocenters. The lowest BCUT2D eigenvalue weighted by Gasteiger charge is -2.34. The molecule has 0 aromatic heterocycles. The molecule has 0 spiro atoms. The molecule has 1 atom stereocenters. The number of carbonyl (C=O) groups is 1. The number of hydrogen-bond acceptors (Lipinski definition) is 1. The van der Waals surface area contributed by atoms with Gasteiger partial charge < -0.3 is 4.90 Å². The van der Waals surface area contributed by atoms with E-state index in [-0.39, 0.29) is 5.91 Å². The SMILES string of the molecule is C=CC(=O)N1Cc2cccc(Br)c2[C@H](CC)C1. The Morgan fingerprint density at radius 1 is 1.65 bits per heavy atom. The zero-order valence-electron chi connectivity index (χ0n) is 9.95. The van der Waals surface area contributed by atoms with Gasteiger partial charge in [0.25, 0.3) is 0 Å². The highest BCUT2D eigenvalue weighted by Crippen LogP contribution is 2.35. The summed E-state index contributed by atoms with van der Waals surface area (Å²) < 4.78 is 1.16. The molecule has 0 N–H and O–H groups in total. The summed E-state index contributed by atoms with van der Waals surface area (Å²) in [5, 5.41) is 0. The molecule has 1 aliphatic heterocycles. The summed E-state index contributed by atoms with van der Waals surface area (Å²) >= 11 is 3.61. The number of nitrogens with zero attached hydrogens (tertiary/aromatic N) is 1. The number of amides is 1. The van der Waals surface area contributed by atoms with Crippen molar-refractivity contribution in [3.05, 3.63) is 46.5 Å². The summed E-state index contributed by atoms with van der Waals surface area (Å²) in [6.45, 7) is 7.20. The van der Waals surface area contributed by atoms with Crippen LogP contribution < -0.4 is 0 Å². The molecule has 0 saturated carbocycles. The first kappa shape index (κ1) is 12.4. The van der Waals surface area contributed by atoms with Gasteiger partial charge in [0.2, 0.25) is 5.91 Å². The van der Waals surface area contributed by atoms with Gasteiger partial charge in [0.1, 0.15) is 0 Å². The van der Waals surface area contributed by atoms with E-state index < -0.39 is 0 Å². The average molecular weight is 294 g/mol. The average Bonchev–Trinajstić information content (AvgIpc) is 2.36. The van der Waals surface area contributed by atoms with Gasteiger partial charge in [-0.1, -0.05) is 41.6 Å². The highest BCUT2D eigenvalue weighted by atomic mass is 79.9. The largest absolute Gasteiger partial charge is 0.334 e. The van der Waals surface area contributed by atoms with Gasteiger partial charge in [0.15, 0.2) is 0 Å². The van der Waals surface area contributed by atoms with E-state index in [9.17, 15) is 4.79 Å². The Hall–Kier alpha value is -1.09. The molecule has 0 bridgehead atoms. The van der Waals surface area contributed by atoms with Crippen LogP contribution >= 0.6 is 15.9 Å². The van der Waals surface area contributed by atoms with Crippen LogP contribution in [0, 0.1) is 0 Å². The van der Waals surface area contributed by atoms with E-state index in [2.05, 4.69) is 41.6 Å². The van der Waals surface area contributed by atoms with E-state index in [0.717, 1.165) is 17.4 Å². The first-order chi connectivity index (χ1) is 8.17. The highest BCUT2D eigenvalue weighted by molar-refractivity contribution is 9.10. The fourth-order valence-electron chi connectivity index (χ4n) is 2.43. The lowest BCUT2D eigenvalue weighted by atomic mass is 9.88. The third-order valence-electron chi connectivity index (χ3n) is 3.33. The predicted molar refractivity (Wildman–Crippen MR) is 72.8 cm³/mol. The zero-order valence-corrected chi connectivity index (χ0v) is 11.5. The number of carbonyl (C=O) groups excluding carboxylic acids is 1. The molecule has 1 amide bonds. The monoisotopic (exact) mass is 293 g/mol. The summed E-state index contributed by atoms with van der Waals surface area (Å²) in [5.41, 5.74) is 2.61. The third kappa shape index (κ3) is 2.29. The minimum Gasteiger partial charge on any atom is -0.334 e. The molecular weight excluding hydrogens is 278 g/mol. The van der Waals surface area contributed by atoms with Crippen LogP contribution in [0.4, 0.5) is 0 Å². The maximum absolute atomic E-state index is 11.7. The van der Waals surface area contributed by atoms with Gasteiger partial charge in [-0.25, -0.2) is 0 Å². The van der Waals surface area contributed by atoms with Gasteiger partial charge >= 0.3 is 0 Å². The first-order valence-electron chi connectivity index (χ1n) is 5.86. The maximum Gasteiger partial charge on any atom is 0.246 e. The van der Waals surface area contributed by atoms with Crippen molar-refractivity contribution in [3.63, 3.8) is 0 Å². The lowest BCUT2D eigenvalue weighted by Crippen LogP contribution is -2.37. The Bertz CT molecular complexity index is 456. The summed E-state index contributed by atoms with van der Waals surface area (Å²) in [6.07, 6.45) is 2.44. The third-order valence-corrected chi connectivity index (χ3v) is 4.02. The second-order valence-electron chi connectivity index (χ2n) is 4.34. The van der Waals surface area contributed by atoms with E-state index in [1.807, 2.05) is 11.0 Å². The molecule has 90 valence electrons. The van der Waals surface area contributed by atoms with E-state index in [0.29, 0.717) is 12.5 Å². The van der Waals surface area contributed by atoms with E-state index in [4.69, 9.17) is 0 Å². The van der Waals surface area contributed by atoms with Crippen molar-refractivity contribution in [2.45, 2.75) is 25.8 Å². The molecule has 0 radical (unpaired) electrons. The van der Waals surface area contributed by atoms with Gasteiger partial charge in [-0.05, 0) is 29.7 Å². The molecule has 2 rings (SSSR count). The zero-order chi connectivity index (χ0) is 12.4. The van der Waals surface area contributed by atoms with Gasteiger partial charge in [-0.3, -0.25) is 4.79 Å². The summed E-state index contributed by atoms with van der Waals surface area (Å²) in [6, 6.07) is 6.20. The maximum atomic E-state index is 11.7. The van der Waals surface area contributed by atoms with Crippen molar-refractivity contribution < 1.29 is 4.79 Å². The topological polar surface area (TPSA) is 20.3 Å². The van der Waals surface area contributed by atoms with E-state index >= 15 is 0 Å². The predicted octanol–water partition coefficient (Wildman–Crippen LogP) is 3.47. The molecule has 1 aliphatic rings. The molecular formula is C14H16BrNO. The fourth-order valence-corrected chi connectivity index (χ4v) is 3.17. The molecule has 0 fully saturated rings. The van der Waals surface area contributed by atoms with Crippen LogP contribution in [-0.2, 0) is 11.3 Å². The second kappa shape index (κ2) is 5.05. The van der Waals surface area contributed by atoms with Crippen molar-refractivity contribution in [1.29, 1.82) is 0 Å². The number of halogens is 1. The molecule has 2 nitrogen and oxygen atoms in total. The number of hydrogen-bond donors (Lipinski definition) is 0. The highest BCUT2D eigenvalue weighted by Gasteiger charge is 2.27. The van der Waals surface area contributed by atoms with Crippen LogP contribution in [0.15, 0.2) is 35.3 Å². The Morgan fingerprint density at radius 3 is 3.06 bits per heavy atom. The quantitative estimate of drug-likeness (QED) is 0.765. The first-order valence-corrected chi connectivity index (χ1v) is 6.65. The molecule has 0 saturated heterocycles. The summed E-state index contributed by atoms with van der Waals surface area (Å²) in [5.74, 6) is 0.437. The number of rotatable bonds is 2. The van der Waals surface area contributed by atoms with Gasteiger partial charge in [0, 0.05) is 23.5 Å². The van der Waals surface area contributed by atoms with Crippen molar-refractivity contribution in [1.82, 2.24) is 4.90 Å². The Morgan fingerprint density at radius 2 is 2.41 bits per heavy atom. The van der Waals surface area contributed by atoms with Crippen LogP contribution in [0.5, 0.6) is 0 Å². The lowest BCUT2D eigenvalue weighted by molar-refractivity contribution is -0.127. The van der Waals surface area contributed by atoms with Crippen molar-refractivity contribution >= 4 is 21.8 Å². The van der Waals surface area contributed by atoms with Crippen LogP contribution in [0.2, 0.25) is 0 Å².